The van der Waals surface area contributed by atoms with Gasteiger partial charge in [-0.2, -0.15) is 0 Å². The lowest BCUT2D eigenvalue weighted by atomic mass is 10.2. The molecule has 0 atom stereocenters. The lowest BCUT2D eigenvalue weighted by Crippen LogP contribution is -2.09. The maximum Gasteiger partial charge on any atom is 0.328 e. The minimum absolute atomic E-state index is 0.154. The molecule has 2 rings (SSSR count). The second kappa shape index (κ2) is 6.85. The van der Waals surface area contributed by atoms with E-state index in [-0.39, 0.29) is 5.91 Å². The van der Waals surface area contributed by atoms with Crippen molar-refractivity contribution >= 4 is 35.0 Å². The van der Waals surface area contributed by atoms with Gasteiger partial charge >= 0.3 is 5.97 Å². The van der Waals surface area contributed by atoms with Gasteiger partial charge < -0.3 is 10.4 Å². The highest BCUT2D eigenvalue weighted by Gasteiger charge is 2.09. The molecular formula is C16H15NO3S. The molecule has 0 saturated heterocycles. The van der Waals surface area contributed by atoms with E-state index in [0.29, 0.717) is 10.6 Å². The van der Waals surface area contributed by atoms with Crippen LogP contribution in [0, 0.1) is 0 Å². The standard InChI is InChI=1S/C16H15NO3S/c1-2-13-7-8-14(21-13)16(20)17-12-5-3-4-11(10-12)6-9-15(18)19/h3-10H,2H2,1H3,(H,17,20)(H,18,19)/b9-6+. The van der Waals surface area contributed by atoms with Crippen LogP contribution in [0.3, 0.4) is 0 Å². The number of carboxylic acid groups (broad SMARTS) is 1. The third-order valence-electron chi connectivity index (χ3n) is 2.80. The molecule has 0 aliphatic rings. The molecule has 2 N–H and O–H groups in total. The zero-order chi connectivity index (χ0) is 15.2. The minimum atomic E-state index is -1.00. The van der Waals surface area contributed by atoms with Gasteiger partial charge in [-0.15, -0.1) is 11.3 Å². The van der Waals surface area contributed by atoms with Crippen molar-refractivity contribution in [1.29, 1.82) is 0 Å². The van der Waals surface area contributed by atoms with E-state index in [9.17, 15) is 9.59 Å². The molecule has 0 saturated carbocycles. The molecule has 0 radical (unpaired) electrons. The lowest BCUT2D eigenvalue weighted by Gasteiger charge is -2.04. The van der Waals surface area contributed by atoms with Crippen LogP contribution in [-0.2, 0) is 11.2 Å². The van der Waals surface area contributed by atoms with Crippen molar-refractivity contribution in [3.05, 3.63) is 57.8 Å². The maximum absolute atomic E-state index is 12.1. The van der Waals surface area contributed by atoms with Crippen molar-refractivity contribution in [2.75, 3.05) is 5.32 Å². The van der Waals surface area contributed by atoms with E-state index < -0.39 is 5.97 Å². The summed E-state index contributed by atoms with van der Waals surface area (Å²) in [5.74, 6) is -1.16. The molecule has 1 aromatic carbocycles. The Morgan fingerprint density at radius 3 is 2.76 bits per heavy atom. The van der Waals surface area contributed by atoms with Crippen LogP contribution >= 0.6 is 11.3 Å². The lowest BCUT2D eigenvalue weighted by molar-refractivity contribution is -0.131. The number of nitrogens with one attached hydrogen (secondary N) is 1. The van der Waals surface area contributed by atoms with Gasteiger partial charge in [-0.25, -0.2) is 4.79 Å². The number of rotatable bonds is 5. The first kappa shape index (κ1) is 15.0. The molecule has 21 heavy (non-hydrogen) atoms. The van der Waals surface area contributed by atoms with Gasteiger partial charge in [-0.3, -0.25) is 4.79 Å². The molecule has 0 bridgehead atoms. The van der Waals surface area contributed by atoms with Crippen LogP contribution in [0.5, 0.6) is 0 Å². The van der Waals surface area contributed by atoms with Gasteiger partial charge in [-0.1, -0.05) is 19.1 Å². The van der Waals surface area contributed by atoms with E-state index in [2.05, 4.69) is 5.32 Å². The van der Waals surface area contributed by atoms with Crippen LogP contribution in [0.25, 0.3) is 6.08 Å². The smallest absolute Gasteiger partial charge is 0.328 e. The molecule has 108 valence electrons. The second-order valence-electron chi connectivity index (χ2n) is 4.37. The fourth-order valence-electron chi connectivity index (χ4n) is 1.77. The SMILES string of the molecule is CCc1ccc(C(=O)Nc2cccc(/C=C/C(=O)O)c2)s1. The van der Waals surface area contributed by atoms with Gasteiger partial charge in [0.25, 0.3) is 5.91 Å². The van der Waals surface area contributed by atoms with Crippen molar-refractivity contribution in [1.82, 2.24) is 0 Å². The number of anilines is 1. The van der Waals surface area contributed by atoms with Crippen molar-refractivity contribution in [3.63, 3.8) is 0 Å². The number of carboxylic acids is 1. The van der Waals surface area contributed by atoms with Crippen LogP contribution in [0.2, 0.25) is 0 Å². The van der Waals surface area contributed by atoms with Gasteiger partial charge in [-0.05, 0) is 42.3 Å². The predicted octanol–water partition coefficient (Wildman–Crippen LogP) is 3.66. The normalized spacial score (nSPS) is 10.7. The molecule has 1 aromatic heterocycles. The predicted molar refractivity (Wildman–Crippen MR) is 84.8 cm³/mol. The molecule has 0 aliphatic heterocycles. The van der Waals surface area contributed by atoms with Crippen molar-refractivity contribution < 1.29 is 14.7 Å². The maximum atomic E-state index is 12.1. The summed E-state index contributed by atoms with van der Waals surface area (Å²) in [6.45, 7) is 2.05. The Balaban J connectivity index is 2.10. The van der Waals surface area contributed by atoms with Crippen LogP contribution in [0.15, 0.2) is 42.5 Å². The van der Waals surface area contributed by atoms with Gasteiger partial charge in [0.15, 0.2) is 0 Å². The summed E-state index contributed by atoms with van der Waals surface area (Å²) < 4.78 is 0. The highest BCUT2D eigenvalue weighted by molar-refractivity contribution is 7.14. The summed E-state index contributed by atoms with van der Waals surface area (Å²) in [6, 6.07) is 10.8. The van der Waals surface area contributed by atoms with Crippen LogP contribution in [0.1, 0.15) is 27.0 Å². The molecule has 5 heteroatoms. The van der Waals surface area contributed by atoms with Crippen LogP contribution in [0.4, 0.5) is 5.69 Å². The zero-order valence-corrected chi connectivity index (χ0v) is 12.3. The van der Waals surface area contributed by atoms with Gasteiger partial charge in [0, 0.05) is 16.6 Å². The number of amides is 1. The summed E-state index contributed by atoms with van der Waals surface area (Å²) in [6.07, 6.45) is 3.46. The molecule has 0 spiro atoms. The van der Waals surface area contributed by atoms with Crippen molar-refractivity contribution in [2.24, 2.45) is 0 Å². The second-order valence-corrected chi connectivity index (χ2v) is 5.54. The summed E-state index contributed by atoms with van der Waals surface area (Å²) in [5.41, 5.74) is 1.36. The molecule has 0 aliphatic carbocycles. The largest absolute Gasteiger partial charge is 0.478 e. The summed E-state index contributed by atoms with van der Waals surface area (Å²) >= 11 is 1.47. The van der Waals surface area contributed by atoms with Crippen LogP contribution in [-0.4, -0.2) is 17.0 Å². The average molecular weight is 301 g/mol. The Labute approximate surface area is 126 Å². The van der Waals surface area contributed by atoms with Crippen molar-refractivity contribution in [3.8, 4) is 0 Å². The molecule has 4 nitrogen and oxygen atoms in total. The number of carbonyl (C=O) groups excluding carboxylic acids is 1. The third kappa shape index (κ3) is 4.29. The minimum Gasteiger partial charge on any atom is -0.478 e. The number of carbonyl (C=O) groups is 2. The van der Waals surface area contributed by atoms with Gasteiger partial charge in [0.1, 0.15) is 0 Å². The highest BCUT2D eigenvalue weighted by Crippen LogP contribution is 2.19. The molecule has 1 amide bonds. The average Bonchev–Trinajstić information content (AvgIpc) is 2.94. The first-order chi connectivity index (χ1) is 10.1. The molecule has 0 unspecified atom stereocenters. The van der Waals surface area contributed by atoms with E-state index in [1.54, 1.807) is 24.3 Å². The number of benzene rings is 1. The number of thiophene rings is 1. The first-order valence-electron chi connectivity index (χ1n) is 6.49. The molecular weight excluding hydrogens is 286 g/mol. The first-order valence-corrected chi connectivity index (χ1v) is 7.31. The van der Waals surface area contributed by atoms with E-state index in [0.717, 1.165) is 18.1 Å². The third-order valence-corrected chi connectivity index (χ3v) is 4.03. The van der Waals surface area contributed by atoms with E-state index in [1.165, 1.54) is 22.3 Å². The Kier molecular flexibility index (Phi) is 4.90. The number of aliphatic carboxylic acids is 1. The zero-order valence-electron chi connectivity index (χ0n) is 11.5. The van der Waals surface area contributed by atoms with Gasteiger partial charge in [0.2, 0.25) is 0 Å². The Bertz CT molecular complexity index is 688. The number of hydrogen-bond acceptors (Lipinski definition) is 3. The molecule has 1 heterocycles. The number of aryl methyl sites for hydroxylation is 1. The summed E-state index contributed by atoms with van der Waals surface area (Å²) in [7, 11) is 0. The number of hydrogen-bond donors (Lipinski definition) is 2. The van der Waals surface area contributed by atoms with E-state index >= 15 is 0 Å². The Morgan fingerprint density at radius 1 is 1.29 bits per heavy atom. The fourth-order valence-corrected chi connectivity index (χ4v) is 2.61. The van der Waals surface area contributed by atoms with Crippen molar-refractivity contribution in [2.45, 2.75) is 13.3 Å². The summed E-state index contributed by atoms with van der Waals surface area (Å²) in [4.78, 5) is 24.4. The Hall–Kier alpha value is -2.40. The molecule has 0 fully saturated rings. The van der Waals surface area contributed by atoms with E-state index in [1.807, 2.05) is 19.1 Å². The van der Waals surface area contributed by atoms with E-state index in [4.69, 9.17) is 5.11 Å². The summed E-state index contributed by atoms with van der Waals surface area (Å²) in [5, 5.41) is 11.4. The topological polar surface area (TPSA) is 66.4 Å². The van der Waals surface area contributed by atoms with Crippen LogP contribution < -0.4 is 5.32 Å². The molecule has 2 aromatic rings. The Morgan fingerprint density at radius 2 is 2.10 bits per heavy atom. The van der Waals surface area contributed by atoms with Gasteiger partial charge in [0.05, 0.1) is 4.88 Å². The fraction of sp³-hybridized carbons (Fsp3) is 0.125. The highest BCUT2D eigenvalue weighted by atomic mass is 32.1. The monoisotopic (exact) mass is 301 g/mol. The quantitative estimate of drug-likeness (QED) is 0.828.